The van der Waals surface area contributed by atoms with Gasteiger partial charge < -0.3 is 18.6 Å². The van der Waals surface area contributed by atoms with Gasteiger partial charge in [-0.1, -0.05) is 70.4 Å². The summed E-state index contributed by atoms with van der Waals surface area (Å²) >= 11 is 0. The maximum Gasteiger partial charge on any atom is 0.193 e. The van der Waals surface area contributed by atoms with Crippen molar-refractivity contribution in [3.05, 3.63) is 40.3 Å². The molecule has 0 saturated heterocycles. The molecule has 0 unspecified atom stereocenters. The number of nitrogens with zero attached hydrogens (tertiary/aromatic N) is 3. The second kappa shape index (κ2) is 16.1. The number of benzene rings is 1. The summed E-state index contributed by atoms with van der Waals surface area (Å²) in [6.07, 6.45) is 0.270. The first-order chi connectivity index (χ1) is 17.7. The van der Waals surface area contributed by atoms with Crippen molar-refractivity contribution < 1.29 is 23.4 Å². The van der Waals surface area contributed by atoms with E-state index in [-0.39, 0.29) is 30.6 Å². The lowest BCUT2D eigenvalue weighted by Gasteiger charge is -2.38. The van der Waals surface area contributed by atoms with E-state index in [0.717, 1.165) is 23.8 Å². The van der Waals surface area contributed by atoms with Gasteiger partial charge in [-0.2, -0.15) is 0 Å². The van der Waals surface area contributed by atoms with Gasteiger partial charge in [0.15, 0.2) is 14.1 Å². The highest BCUT2D eigenvalue weighted by Gasteiger charge is 2.40. The summed E-state index contributed by atoms with van der Waals surface area (Å²) in [6, 6.07) is 8.68. The maximum absolute atomic E-state index is 13.1. The Morgan fingerprint density at radius 3 is 2.37 bits per heavy atom. The number of Topliss-reactive ketones (excluding diaryl/α,β-unsaturated/α-hetero) is 1. The Kier molecular flexibility index (Phi) is 14.4. The number of hydrogen-bond donors (Lipinski definition) is 0. The zero-order valence-electron chi connectivity index (χ0n) is 24.8. The van der Waals surface area contributed by atoms with Crippen molar-refractivity contribution in [3.8, 4) is 17.2 Å². The number of hydrogen-bond acceptors (Lipinski definition) is 6. The van der Waals surface area contributed by atoms with Crippen LogP contribution in [-0.2, 0) is 25.3 Å². The van der Waals surface area contributed by atoms with Crippen LogP contribution in [0.2, 0.25) is 37.3 Å². The fourth-order valence-electron chi connectivity index (χ4n) is 3.50. The van der Waals surface area contributed by atoms with E-state index in [1.807, 2.05) is 24.3 Å². The van der Waals surface area contributed by atoms with Gasteiger partial charge in [0.1, 0.15) is 32.8 Å². The Morgan fingerprint density at radius 1 is 1.16 bits per heavy atom. The predicted molar refractivity (Wildman–Crippen MR) is 158 cm³/mol. The molecule has 212 valence electrons. The van der Waals surface area contributed by atoms with Crippen molar-refractivity contribution in [1.82, 2.24) is 0 Å². The molecular formula is C28H47N3O5Si2. The molecule has 1 aromatic carbocycles. The number of ketones is 1. The maximum atomic E-state index is 13.1. The topological polar surface area (TPSA) is 103 Å². The smallest absolute Gasteiger partial charge is 0.193 e. The third-order valence-electron chi connectivity index (χ3n) is 6.78. The molecule has 1 aromatic rings. The second-order valence-corrected chi connectivity index (χ2v) is 20.9. The van der Waals surface area contributed by atoms with Crippen LogP contribution in [0.15, 0.2) is 29.4 Å². The molecule has 0 aromatic heterocycles. The van der Waals surface area contributed by atoms with Gasteiger partial charge in [-0.25, -0.2) is 0 Å². The van der Waals surface area contributed by atoms with Crippen LogP contribution < -0.4 is 4.74 Å². The number of methoxy groups -OCH3 is 1. The molecule has 0 aliphatic heterocycles. The lowest BCUT2D eigenvalue weighted by molar-refractivity contribution is -0.145. The predicted octanol–water partition coefficient (Wildman–Crippen LogP) is 7.27. The van der Waals surface area contributed by atoms with Gasteiger partial charge in [-0.15, -0.1) is 5.54 Å². The molecule has 2 atom stereocenters. The summed E-state index contributed by atoms with van der Waals surface area (Å²) in [4.78, 5) is 15.9. The Hall–Kier alpha value is -2.13. The summed E-state index contributed by atoms with van der Waals surface area (Å²) in [5.41, 5.74) is 13.1. The zero-order valence-corrected chi connectivity index (χ0v) is 26.8. The monoisotopic (exact) mass is 561 g/mol. The molecule has 0 aliphatic rings. The van der Waals surface area contributed by atoms with Gasteiger partial charge in [0.05, 0.1) is 13.7 Å². The molecular weight excluding hydrogens is 514 g/mol. The molecule has 0 N–H and O–H groups in total. The summed E-state index contributed by atoms with van der Waals surface area (Å²) in [5.74, 6) is 4.03. The third kappa shape index (κ3) is 12.6. The summed E-state index contributed by atoms with van der Waals surface area (Å²) in [7, 11) is -2.25. The Labute approximate surface area is 231 Å². The normalized spacial score (nSPS) is 13.6. The number of carbonyl (C=O) groups excluding carboxylic acids is 1. The summed E-state index contributed by atoms with van der Waals surface area (Å²) in [6.45, 7) is 18.0. The van der Waals surface area contributed by atoms with Gasteiger partial charge in [0.25, 0.3) is 0 Å². The molecule has 0 spiro atoms. The molecule has 0 fully saturated rings. The van der Waals surface area contributed by atoms with Crippen LogP contribution in [0, 0.1) is 11.5 Å². The molecule has 0 heterocycles. The van der Waals surface area contributed by atoms with Crippen molar-refractivity contribution in [3.63, 3.8) is 0 Å². The van der Waals surface area contributed by atoms with Crippen LogP contribution >= 0.6 is 0 Å². The van der Waals surface area contributed by atoms with E-state index in [9.17, 15) is 4.79 Å². The second-order valence-electron chi connectivity index (χ2n) is 11.6. The van der Waals surface area contributed by atoms with Gasteiger partial charge in [-0.3, -0.25) is 4.79 Å². The highest BCUT2D eigenvalue weighted by molar-refractivity contribution is 6.85. The van der Waals surface area contributed by atoms with Crippen LogP contribution in [0.3, 0.4) is 0 Å². The van der Waals surface area contributed by atoms with Crippen LogP contribution in [-0.4, -0.2) is 54.8 Å². The van der Waals surface area contributed by atoms with E-state index in [4.69, 9.17) is 24.2 Å². The highest BCUT2D eigenvalue weighted by Crippen LogP contribution is 2.37. The van der Waals surface area contributed by atoms with Gasteiger partial charge in [0, 0.05) is 24.3 Å². The van der Waals surface area contributed by atoms with Crippen LogP contribution in [0.5, 0.6) is 5.75 Å². The minimum absolute atomic E-state index is 0.00730. The first-order valence-corrected chi connectivity index (χ1v) is 19.4. The van der Waals surface area contributed by atoms with Crippen LogP contribution in [0.1, 0.15) is 52.5 Å². The molecule has 0 saturated carbocycles. The molecule has 8 nitrogen and oxygen atoms in total. The van der Waals surface area contributed by atoms with Crippen molar-refractivity contribution in [2.45, 2.75) is 103 Å². The van der Waals surface area contributed by atoms with E-state index in [2.05, 4.69) is 75.4 Å². The molecule has 1 rings (SSSR count). The first-order valence-electron chi connectivity index (χ1n) is 13.3. The minimum Gasteiger partial charge on any atom is -0.497 e. The SMILES string of the molecule is CCC[Si](C)(C)C#C[C@@H](C[C@@H](OCOCc1ccc(OC)cc1)C(=O)CCN=[N+]=[N-])O[Si](C)(C)C(C)(C)C. The van der Waals surface area contributed by atoms with Crippen molar-refractivity contribution >= 4 is 22.2 Å². The van der Waals surface area contributed by atoms with Crippen LogP contribution in [0.4, 0.5) is 0 Å². The Morgan fingerprint density at radius 2 is 1.82 bits per heavy atom. The Balaban J connectivity index is 3.07. The standard InChI is InChI=1S/C28H47N3O5Si2/c1-10-18-37(6,7)19-16-25(36-38(8,9)28(2,3)4)20-27(26(32)15-17-30-31-29)35-22-34-21-23-11-13-24(33-5)14-12-23/h11-14,25,27H,10,15,17-18,20-22H2,1-9H3/t25-,27+/m0/s1. The number of azide groups is 1. The fraction of sp³-hybridized carbons (Fsp3) is 0.679. The Bertz CT molecular complexity index is 975. The van der Waals surface area contributed by atoms with E-state index in [1.165, 1.54) is 0 Å². The lowest BCUT2D eigenvalue weighted by Crippen LogP contribution is -2.45. The van der Waals surface area contributed by atoms with Crippen molar-refractivity contribution in [2.24, 2.45) is 5.11 Å². The molecule has 10 heteroatoms. The zero-order chi connectivity index (χ0) is 28.8. The number of carbonyl (C=O) groups is 1. The van der Waals surface area contributed by atoms with E-state index in [1.54, 1.807) is 7.11 Å². The third-order valence-corrected chi connectivity index (χ3v) is 13.8. The number of rotatable bonds is 16. The number of ether oxygens (including phenoxy) is 3. The lowest BCUT2D eigenvalue weighted by atomic mass is 10.1. The van der Waals surface area contributed by atoms with Crippen molar-refractivity contribution in [2.75, 3.05) is 20.4 Å². The molecule has 0 amide bonds. The van der Waals surface area contributed by atoms with Gasteiger partial charge in [0.2, 0.25) is 0 Å². The molecule has 0 radical (unpaired) electrons. The van der Waals surface area contributed by atoms with Gasteiger partial charge >= 0.3 is 0 Å². The van der Waals surface area contributed by atoms with Gasteiger partial charge in [-0.05, 0) is 47.4 Å². The van der Waals surface area contributed by atoms with E-state index < -0.39 is 28.6 Å². The molecule has 38 heavy (non-hydrogen) atoms. The molecule has 0 aliphatic carbocycles. The quantitative estimate of drug-likeness (QED) is 0.0402. The van der Waals surface area contributed by atoms with Crippen LogP contribution in [0.25, 0.3) is 10.4 Å². The molecule has 0 bridgehead atoms. The minimum atomic E-state index is -2.17. The fourth-order valence-corrected chi connectivity index (χ4v) is 6.64. The summed E-state index contributed by atoms with van der Waals surface area (Å²) < 4.78 is 23.6. The van der Waals surface area contributed by atoms with E-state index >= 15 is 0 Å². The first kappa shape index (κ1) is 33.9. The average Bonchev–Trinajstić information content (AvgIpc) is 2.84. The average molecular weight is 562 g/mol. The highest BCUT2D eigenvalue weighted by atomic mass is 28.4. The van der Waals surface area contributed by atoms with Crippen molar-refractivity contribution in [1.29, 1.82) is 0 Å². The van der Waals surface area contributed by atoms with E-state index in [0.29, 0.717) is 13.0 Å². The largest absolute Gasteiger partial charge is 0.497 e. The summed E-state index contributed by atoms with van der Waals surface area (Å²) in [5, 5.41) is 3.51.